The maximum absolute atomic E-state index is 6.04. The van der Waals surface area contributed by atoms with Crippen LogP contribution in [0.25, 0.3) is 0 Å². The summed E-state index contributed by atoms with van der Waals surface area (Å²) in [6, 6.07) is 7.98. The van der Waals surface area contributed by atoms with Crippen molar-refractivity contribution in [1.29, 1.82) is 0 Å². The fourth-order valence-electron chi connectivity index (χ4n) is 3.66. The average molecular weight is 441 g/mol. The molecule has 2 fully saturated rings. The number of nitrogens with one attached hydrogen (secondary N) is 1. The van der Waals surface area contributed by atoms with Gasteiger partial charge in [-0.1, -0.05) is 0 Å². The molecule has 4 rings (SSSR count). The Balaban J connectivity index is 1.46. The minimum absolute atomic E-state index is 0.578. The molecule has 9 nitrogen and oxygen atoms in total. The summed E-state index contributed by atoms with van der Waals surface area (Å²) in [5, 5.41) is 4.51. The molecule has 2 saturated heterocycles. The van der Waals surface area contributed by atoms with Crippen molar-refractivity contribution in [3.63, 3.8) is 0 Å². The zero-order valence-electron chi connectivity index (χ0n) is 18.9. The van der Waals surface area contributed by atoms with Crippen LogP contribution in [0.15, 0.2) is 35.6 Å². The maximum Gasteiger partial charge on any atom is 0.217 e. The third kappa shape index (κ3) is 6.38. The lowest BCUT2D eigenvalue weighted by Gasteiger charge is -2.29. The minimum atomic E-state index is 0.578. The largest absolute Gasteiger partial charge is 0.476 e. The molecule has 2 aliphatic heterocycles. The summed E-state index contributed by atoms with van der Waals surface area (Å²) in [6.07, 6.45) is 1.79. The number of hydrazone groups is 1. The van der Waals surface area contributed by atoms with Gasteiger partial charge in [-0.25, -0.2) is 0 Å². The van der Waals surface area contributed by atoms with E-state index in [0.717, 1.165) is 68.6 Å². The zero-order chi connectivity index (χ0) is 22.2. The molecule has 0 radical (unpaired) electrons. The van der Waals surface area contributed by atoms with Crippen molar-refractivity contribution in [3.05, 3.63) is 41.7 Å². The number of rotatable bonds is 8. The van der Waals surface area contributed by atoms with Gasteiger partial charge in [0.15, 0.2) is 5.82 Å². The normalized spacial score (nSPS) is 17.9. The molecule has 172 valence electrons. The number of nitrogens with zero attached hydrogens (tertiary/aromatic N) is 5. The number of ether oxygens (including phenoxy) is 3. The minimum Gasteiger partial charge on any atom is -0.476 e. The molecule has 0 aliphatic carbocycles. The Kier molecular flexibility index (Phi) is 7.87. The number of aryl methyl sites for hydroxylation is 1. The van der Waals surface area contributed by atoms with Crippen LogP contribution in [0.1, 0.15) is 18.2 Å². The van der Waals surface area contributed by atoms with E-state index in [-0.39, 0.29) is 0 Å². The number of hydrogen-bond donors (Lipinski definition) is 1. The first kappa shape index (κ1) is 22.4. The van der Waals surface area contributed by atoms with E-state index >= 15 is 0 Å². The summed E-state index contributed by atoms with van der Waals surface area (Å²) in [7, 11) is 0. The fourth-order valence-corrected chi connectivity index (χ4v) is 3.66. The van der Waals surface area contributed by atoms with Crippen LogP contribution < -0.4 is 15.1 Å². The van der Waals surface area contributed by atoms with Gasteiger partial charge in [0.1, 0.15) is 6.61 Å². The second-order valence-corrected chi connectivity index (χ2v) is 7.98. The standard InChI is InChI=1S/C23H32N6O3/c1-18-3-4-24-21(15-18)19(2)26-27-22-16-20(29-8-12-31-13-9-29)17-23(25-22)32-14-7-28-5-10-30-11-6-28/h3-4,15-17H,5-14H2,1-2H3,(H,25,27). The Hall–Kier alpha value is -2.75. The van der Waals surface area contributed by atoms with Gasteiger partial charge in [-0.2, -0.15) is 10.1 Å². The molecule has 0 atom stereocenters. The van der Waals surface area contributed by atoms with Crippen molar-refractivity contribution >= 4 is 17.2 Å². The third-order valence-corrected chi connectivity index (χ3v) is 5.55. The lowest BCUT2D eigenvalue weighted by molar-refractivity contribution is 0.0320. The van der Waals surface area contributed by atoms with E-state index in [9.17, 15) is 0 Å². The second kappa shape index (κ2) is 11.2. The molecule has 0 amide bonds. The van der Waals surface area contributed by atoms with Crippen LogP contribution in [-0.2, 0) is 9.47 Å². The van der Waals surface area contributed by atoms with Gasteiger partial charge in [0.2, 0.25) is 5.88 Å². The Morgan fingerprint density at radius 3 is 2.59 bits per heavy atom. The van der Waals surface area contributed by atoms with Gasteiger partial charge >= 0.3 is 0 Å². The first-order valence-corrected chi connectivity index (χ1v) is 11.2. The molecule has 0 saturated carbocycles. The smallest absolute Gasteiger partial charge is 0.217 e. The summed E-state index contributed by atoms with van der Waals surface area (Å²) in [6.45, 7) is 12.0. The molecule has 0 aromatic carbocycles. The quantitative estimate of drug-likeness (QED) is 0.494. The molecule has 0 spiro atoms. The van der Waals surface area contributed by atoms with E-state index in [2.05, 4.69) is 30.3 Å². The highest BCUT2D eigenvalue weighted by atomic mass is 16.5. The third-order valence-electron chi connectivity index (χ3n) is 5.55. The highest BCUT2D eigenvalue weighted by Gasteiger charge is 2.15. The Morgan fingerprint density at radius 2 is 1.84 bits per heavy atom. The monoisotopic (exact) mass is 440 g/mol. The lowest BCUT2D eigenvalue weighted by atomic mass is 10.2. The van der Waals surface area contributed by atoms with E-state index in [1.54, 1.807) is 6.20 Å². The average Bonchev–Trinajstić information content (AvgIpc) is 2.84. The van der Waals surface area contributed by atoms with Crippen LogP contribution >= 0.6 is 0 Å². The predicted octanol–water partition coefficient (Wildman–Crippen LogP) is 2.17. The molecule has 4 heterocycles. The molecular weight excluding hydrogens is 408 g/mol. The summed E-state index contributed by atoms with van der Waals surface area (Å²) in [4.78, 5) is 13.7. The Labute approximate surface area is 189 Å². The summed E-state index contributed by atoms with van der Waals surface area (Å²) >= 11 is 0. The van der Waals surface area contributed by atoms with Crippen molar-refractivity contribution in [2.75, 3.05) is 76.1 Å². The molecule has 0 unspecified atom stereocenters. The second-order valence-electron chi connectivity index (χ2n) is 7.98. The molecule has 9 heteroatoms. The SMILES string of the molecule is CC(=NNc1cc(N2CCOCC2)cc(OCCN2CCOCC2)n1)c1cc(C)ccn1. The number of morpholine rings is 2. The molecule has 2 aromatic heterocycles. The van der Waals surface area contributed by atoms with Crippen molar-refractivity contribution < 1.29 is 14.2 Å². The summed E-state index contributed by atoms with van der Waals surface area (Å²) in [5.74, 6) is 1.23. The van der Waals surface area contributed by atoms with Gasteiger partial charge in [0.25, 0.3) is 0 Å². The first-order chi connectivity index (χ1) is 15.7. The van der Waals surface area contributed by atoms with Crippen LogP contribution in [0.3, 0.4) is 0 Å². The number of pyridine rings is 2. The fraction of sp³-hybridized carbons (Fsp3) is 0.522. The molecule has 2 aromatic rings. The zero-order valence-corrected chi connectivity index (χ0v) is 18.9. The van der Waals surface area contributed by atoms with Crippen LogP contribution in [0, 0.1) is 6.92 Å². The number of hydrogen-bond acceptors (Lipinski definition) is 9. The Morgan fingerprint density at radius 1 is 1.09 bits per heavy atom. The molecule has 0 bridgehead atoms. The highest BCUT2D eigenvalue weighted by Crippen LogP contribution is 2.25. The summed E-state index contributed by atoms with van der Waals surface area (Å²) < 4.78 is 17.0. The van der Waals surface area contributed by atoms with Gasteiger partial charge in [-0.05, 0) is 31.5 Å². The van der Waals surface area contributed by atoms with Crippen LogP contribution in [-0.4, -0.2) is 86.3 Å². The van der Waals surface area contributed by atoms with Crippen molar-refractivity contribution in [1.82, 2.24) is 14.9 Å². The van der Waals surface area contributed by atoms with Crippen molar-refractivity contribution in [3.8, 4) is 5.88 Å². The van der Waals surface area contributed by atoms with Crippen LogP contribution in [0.2, 0.25) is 0 Å². The van der Waals surface area contributed by atoms with E-state index in [0.29, 0.717) is 31.5 Å². The van der Waals surface area contributed by atoms with Crippen LogP contribution in [0.4, 0.5) is 11.5 Å². The molecular formula is C23H32N6O3. The number of aromatic nitrogens is 2. The Bertz CT molecular complexity index is 910. The maximum atomic E-state index is 6.04. The van der Waals surface area contributed by atoms with Gasteiger partial charge < -0.3 is 19.1 Å². The lowest BCUT2D eigenvalue weighted by Crippen LogP contribution is -2.38. The van der Waals surface area contributed by atoms with Gasteiger partial charge in [-0.3, -0.25) is 15.3 Å². The van der Waals surface area contributed by atoms with Gasteiger partial charge in [0, 0.05) is 56.7 Å². The molecule has 1 N–H and O–H groups in total. The van der Waals surface area contributed by atoms with Crippen LogP contribution in [0.5, 0.6) is 5.88 Å². The highest BCUT2D eigenvalue weighted by molar-refractivity contribution is 5.97. The van der Waals surface area contributed by atoms with E-state index in [1.165, 1.54) is 0 Å². The predicted molar refractivity (Wildman–Crippen MR) is 125 cm³/mol. The van der Waals surface area contributed by atoms with E-state index < -0.39 is 0 Å². The molecule has 32 heavy (non-hydrogen) atoms. The van der Waals surface area contributed by atoms with Crippen molar-refractivity contribution in [2.45, 2.75) is 13.8 Å². The van der Waals surface area contributed by atoms with E-state index in [1.807, 2.05) is 38.1 Å². The van der Waals surface area contributed by atoms with Gasteiger partial charge in [0.05, 0.1) is 37.8 Å². The van der Waals surface area contributed by atoms with E-state index in [4.69, 9.17) is 14.2 Å². The first-order valence-electron chi connectivity index (χ1n) is 11.2. The van der Waals surface area contributed by atoms with Crippen molar-refractivity contribution in [2.24, 2.45) is 5.10 Å². The summed E-state index contributed by atoms with van der Waals surface area (Å²) in [5.41, 5.74) is 6.92. The topological polar surface area (TPSA) is 84.3 Å². The number of anilines is 2. The van der Waals surface area contributed by atoms with Gasteiger partial charge in [-0.15, -0.1) is 0 Å². The molecule has 2 aliphatic rings.